The number of methoxy groups -OCH3 is 1. The first-order valence-corrected chi connectivity index (χ1v) is 13.6. The van der Waals surface area contributed by atoms with Crippen LogP contribution in [0.15, 0.2) is 22.9 Å². The Bertz CT molecular complexity index is 1300. The van der Waals surface area contributed by atoms with Gasteiger partial charge in [0, 0.05) is 12.1 Å². The van der Waals surface area contributed by atoms with E-state index in [9.17, 15) is 9.59 Å². The zero-order chi connectivity index (χ0) is 26.8. The molecule has 2 aliphatic rings. The van der Waals surface area contributed by atoms with E-state index in [1.807, 2.05) is 17.9 Å². The topological polar surface area (TPSA) is 113 Å². The van der Waals surface area contributed by atoms with E-state index in [4.69, 9.17) is 14.2 Å². The van der Waals surface area contributed by atoms with Crippen LogP contribution in [0.25, 0.3) is 11.0 Å². The second-order valence-electron chi connectivity index (χ2n) is 10.7. The maximum absolute atomic E-state index is 15.8. The van der Waals surface area contributed by atoms with Crippen molar-refractivity contribution in [1.29, 1.82) is 0 Å². The number of hydrogen-bond acceptors (Lipinski definition) is 7. The molecule has 204 valence electrons. The van der Waals surface area contributed by atoms with Crippen LogP contribution in [0.4, 0.5) is 4.39 Å². The summed E-state index contributed by atoms with van der Waals surface area (Å²) in [6.07, 6.45) is 7.56. The van der Waals surface area contributed by atoms with Gasteiger partial charge in [0.1, 0.15) is 29.2 Å². The van der Waals surface area contributed by atoms with E-state index in [-0.39, 0.29) is 29.4 Å². The lowest BCUT2D eigenvalue weighted by Gasteiger charge is -2.32. The maximum Gasteiger partial charge on any atom is 0.323 e. The average Bonchev–Trinajstić information content (AvgIpc) is 3.68. The van der Waals surface area contributed by atoms with Crippen LogP contribution in [-0.4, -0.2) is 51.6 Å². The molecule has 1 saturated carbocycles. The van der Waals surface area contributed by atoms with E-state index in [2.05, 4.69) is 22.4 Å². The third-order valence-electron chi connectivity index (χ3n) is 8.24. The Kier molecular flexibility index (Phi) is 7.78. The molecular weight excluding hydrogens is 489 g/mol. The average molecular weight is 526 g/mol. The predicted octanol–water partition coefficient (Wildman–Crippen LogP) is 4.69. The van der Waals surface area contributed by atoms with Crippen LogP contribution in [-0.2, 0) is 22.5 Å². The Morgan fingerprint density at radius 1 is 1.26 bits per heavy atom. The molecule has 0 bridgehead atoms. The minimum atomic E-state index is -0.407. The van der Waals surface area contributed by atoms with E-state index < -0.39 is 11.9 Å². The van der Waals surface area contributed by atoms with Gasteiger partial charge in [0.05, 0.1) is 24.4 Å². The van der Waals surface area contributed by atoms with E-state index in [0.29, 0.717) is 60.0 Å². The minimum Gasteiger partial charge on any atom is -0.468 e. The van der Waals surface area contributed by atoms with Gasteiger partial charge in [0.25, 0.3) is 5.91 Å². The van der Waals surface area contributed by atoms with Gasteiger partial charge in [-0.15, -0.1) is 0 Å². The first-order valence-electron chi connectivity index (χ1n) is 13.6. The number of ether oxygens (including phenoxy) is 1. The molecule has 0 radical (unpaired) electrons. The number of imidazole rings is 1. The van der Waals surface area contributed by atoms with Gasteiger partial charge in [0.15, 0.2) is 5.82 Å². The Hall–Kier alpha value is -3.27. The van der Waals surface area contributed by atoms with Crippen LogP contribution < -0.4 is 5.32 Å². The third kappa shape index (κ3) is 5.18. The molecule has 5 rings (SSSR count). The molecule has 2 aromatic heterocycles. The summed E-state index contributed by atoms with van der Waals surface area (Å²) in [5.74, 6) is 0.403. The van der Waals surface area contributed by atoms with Crippen LogP contribution in [0.1, 0.15) is 85.9 Å². The van der Waals surface area contributed by atoms with Crippen LogP contribution in [0.2, 0.25) is 0 Å². The molecule has 10 heteroatoms. The number of hydrogen-bond donors (Lipinski definition) is 2. The number of halogens is 1. The Labute approximate surface area is 221 Å². The smallest absolute Gasteiger partial charge is 0.323 e. The van der Waals surface area contributed by atoms with Crippen LogP contribution in [0, 0.1) is 17.7 Å². The van der Waals surface area contributed by atoms with Gasteiger partial charge in [-0.3, -0.25) is 14.5 Å². The summed E-state index contributed by atoms with van der Waals surface area (Å²) in [6.45, 7) is 5.18. The van der Waals surface area contributed by atoms with Gasteiger partial charge in [0.2, 0.25) is 0 Å². The summed E-state index contributed by atoms with van der Waals surface area (Å²) in [5.41, 5.74) is 2.32. The van der Waals surface area contributed by atoms with Crippen molar-refractivity contribution in [2.45, 2.75) is 77.4 Å². The number of esters is 1. The van der Waals surface area contributed by atoms with Gasteiger partial charge in [-0.2, -0.15) is 0 Å². The molecule has 38 heavy (non-hydrogen) atoms. The van der Waals surface area contributed by atoms with Crippen molar-refractivity contribution >= 4 is 22.9 Å². The summed E-state index contributed by atoms with van der Waals surface area (Å²) in [6, 6.07) is 2.81. The molecule has 0 spiro atoms. The van der Waals surface area contributed by atoms with Crippen molar-refractivity contribution in [1.82, 2.24) is 25.3 Å². The summed E-state index contributed by atoms with van der Waals surface area (Å²) in [4.78, 5) is 35.3. The summed E-state index contributed by atoms with van der Waals surface area (Å²) in [5, 5.41) is 7.09. The molecule has 1 saturated heterocycles. The van der Waals surface area contributed by atoms with Crippen molar-refractivity contribution in [2.75, 3.05) is 13.7 Å². The zero-order valence-electron chi connectivity index (χ0n) is 22.3. The highest BCUT2D eigenvalue weighted by Crippen LogP contribution is 2.37. The van der Waals surface area contributed by atoms with Gasteiger partial charge >= 0.3 is 5.97 Å². The lowest BCUT2D eigenvalue weighted by molar-refractivity contribution is -0.146. The summed E-state index contributed by atoms with van der Waals surface area (Å²) in [7, 11) is 1.38. The fourth-order valence-electron chi connectivity index (χ4n) is 5.96. The van der Waals surface area contributed by atoms with Crippen molar-refractivity contribution in [3.63, 3.8) is 0 Å². The molecule has 2 fully saturated rings. The second-order valence-corrected chi connectivity index (χ2v) is 10.7. The van der Waals surface area contributed by atoms with Gasteiger partial charge in [-0.25, -0.2) is 9.37 Å². The van der Waals surface area contributed by atoms with E-state index in [0.717, 1.165) is 32.1 Å². The fraction of sp³-hybridized carbons (Fsp3) is 0.571. The van der Waals surface area contributed by atoms with Gasteiger partial charge in [-0.1, -0.05) is 37.9 Å². The molecule has 2 N–H and O–H groups in total. The normalized spacial score (nSPS) is 23.0. The lowest BCUT2D eigenvalue weighted by atomic mass is 9.79. The monoisotopic (exact) mass is 525 g/mol. The van der Waals surface area contributed by atoms with E-state index in [1.54, 1.807) is 6.07 Å². The van der Waals surface area contributed by atoms with Crippen LogP contribution in [0.3, 0.4) is 0 Å². The number of rotatable bonds is 8. The highest BCUT2D eigenvalue weighted by Gasteiger charge is 2.34. The lowest BCUT2D eigenvalue weighted by Crippen LogP contribution is -2.36. The number of likely N-dealkylation sites (tertiary alicyclic amines) is 1. The van der Waals surface area contributed by atoms with Crippen LogP contribution >= 0.6 is 0 Å². The number of aryl methyl sites for hydroxylation is 1. The Balaban J connectivity index is 1.43. The highest BCUT2D eigenvalue weighted by atomic mass is 19.1. The first kappa shape index (κ1) is 26.3. The number of carbonyl (C=O) groups excluding carboxylic acids is 2. The molecule has 1 aromatic carbocycles. The van der Waals surface area contributed by atoms with Crippen molar-refractivity contribution in [3.05, 3.63) is 46.9 Å². The van der Waals surface area contributed by atoms with E-state index in [1.165, 1.54) is 13.4 Å². The predicted molar refractivity (Wildman–Crippen MR) is 139 cm³/mol. The van der Waals surface area contributed by atoms with Crippen LogP contribution in [0.5, 0.6) is 0 Å². The van der Waals surface area contributed by atoms with E-state index >= 15 is 4.39 Å². The summed E-state index contributed by atoms with van der Waals surface area (Å²) >= 11 is 0. The van der Waals surface area contributed by atoms with Crippen molar-refractivity contribution in [2.24, 2.45) is 11.8 Å². The molecule has 3 aromatic rings. The SMILES string of the molecule is CCc1nocc1C(=O)NC(c1nc2c(F)c(CN3CCC[C@@H]3C(=O)OC)ccc2[nH]1)C1CCC(C)CC1. The van der Waals surface area contributed by atoms with Gasteiger partial charge in [-0.05, 0) is 56.6 Å². The number of H-pyrrole nitrogens is 1. The number of nitrogens with one attached hydrogen (secondary N) is 2. The molecular formula is C28H36FN5O4. The maximum atomic E-state index is 15.8. The van der Waals surface area contributed by atoms with Crippen molar-refractivity contribution in [3.8, 4) is 0 Å². The molecule has 1 amide bonds. The molecule has 3 heterocycles. The number of amides is 1. The molecule has 1 aliphatic carbocycles. The zero-order valence-corrected chi connectivity index (χ0v) is 22.3. The fourth-order valence-corrected chi connectivity index (χ4v) is 5.96. The molecule has 2 atom stereocenters. The Morgan fingerprint density at radius 3 is 2.79 bits per heavy atom. The van der Waals surface area contributed by atoms with Crippen molar-refractivity contribution < 1.29 is 23.2 Å². The molecule has 1 aliphatic heterocycles. The number of carbonyl (C=O) groups is 2. The quantitative estimate of drug-likeness (QED) is 0.410. The number of aromatic nitrogens is 3. The Morgan fingerprint density at radius 2 is 2.05 bits per heavy atom. The molecule has 9 nitrogen and oxygen atoms in total. The highest BCUT2D eigenvalue weighted by molar-refractivity contribution is 5.95. The largest absolute Gasteiger partial charge is 0.468 e. The molecule has 1 unspecified atom stereocenters. The minimum absolute atomic E-state index is 0.175. The second kappa shape index (κ2) is 11.2. The number of nitrogens with zero attached hydrogens (tertiary/aromatic N) is 3. The first-order chi connectivity index (χ1) is 18.4. The van der Waals surface area contributed by atoms with Gasteiger partial charge < -0.3 is 19.6 Å². The third-order valence-corrected chi connectivity index (χ3v) is 8.24. The number of benzene rings is 1. The number of fused-ring (bicyclic) bond motifs is 1. The standard InChI is InChI=1S/C28H36FN5O4/c1-4-20-19(15-38-33-20)27(35)32-24(17-9-7-16(2)8-10-17)26-30-21-12-11-18(23(29)25(21)31-26)14-34-13-5-6-22(34)28(36)37-3/h11-12,15-17,22,24H,4-10,13-14H2,1-3H3,(H,30,31)(H,32,35)/t16?,17?,22-,24?/m1/s1. The summed E-state index contributed by atoms with van der Waals surface area (Å²) < 4.78 is 25.7. The number of aromatic amines is 1.